The van der Waals surface area contributed by atoms with Gasteiger partial charge >= 0.3 is 6.61 Å². The van der Waals surface area contributed by atoms with Crippen molar-refractivity contribution in [2.24, 2.45) is 7.05 Å². The second kappa shape index (κ2) is 6.44. The van der Waals surface area contributed by atoms with Gasteiger partial charge in [0.05, 0.1) is 11.8 Å². The standard InChI is InChI=1S/C14H12ClF2N5O2/c1-21-2-3-22-13(21)9(7-20-22)6-18-11(23)8-4-10(15)12(19-5-8)24-14(16)17/h2-5,7,14H,6H2,1H3,(H,18,23). The van der Waals surface area contributed by atoms with Crippen LogP contribution in [0, 0.1) is 0 Å². The number of carbonyl (C=O) groups excluding carboxylic acids is 1. The summed E-state index contributed by atoms with van der Waals surface area (Å²) in [7, 11) is 1.87. The van der Waals surface area contributed by atoms with Gasteiger partial charge in [-0.15, -0.1) is 0 Å². The van der Waals surface area contributed by atoms with E-state index < -0.39 is 18.4 Å². The molecule has 0 aliphatic carbocycles. The molecule has 7 nitrogen and oxygen atoms in total. The van der Waals surface area contributed by atoms with Gasteiger partial charge in [0.25, 0.3) is 5.91 Å². The monoisotopic (exact) mass is 355 g/mol. The van der Waals surface area contributed by atoms with Crippen LogP contribution in [-0.2, 0) is 13.6 Å². The van der Waals surface area contributed by atoms with Gasteiger partial charge < -0.3 is 14.6 Å². The van der Waals surface area contributed by atoms with Crippen molar-refractivity contribution in [1.82, 2.24) is 24.5 Å². The average molecular weight is 356 g/mol. The summed E-state index contributed by atoms with van der Waals surface area (Å²) < 4.78 is 32.0. The Balaban J connectivity index is 1.71. The van der Waals surface area contributed by atoms with E-state index in [1.54, 1.807) is 16.9 Å². The summed E-state index contributed by atoms with van der Waals surface area (Å²) in [6.07, 6.45) is 6.42. The highest BCUT2D eigenvalue weighted by Crippen LogP contribution is 2.24. The second-order valence-corrected chi connectivity index (χ2v) is 5.33. The SMILES string of the molecule is Cn1ccn2ncc(CNC(=O)c3cnc(OC(F)F)c(Cl)c3)c12. The fourth-order valence-electron chi connectivity index (χ4n) is 2.25. The van der Waals surface area contributed by atoms with Gasteiger partial charge in [-0.2, -0.15) is 13.9 Å². The lowest BCUT2D eigenvalue weighted by Crippen LogP contribution is -2.23. The van der Waals surface area contributed by atoms with Crippen LogP contribution in [0.15, 0.2) is 30.9 Å². The number of carbonyl (C=O) groups is 1. The van der Waals surface area contributed by atoms with E-state index in [2.05, 4.69) is 20.1 Å². The number of fused-ring (bicyclic) bond motifs is 1. The second-order valence-electron chi connectivity index (χ2n) is 4.92. The number of hydrogen-bond acceptors (Lipinski definition) is 4. The molecule has 0 radical (unpaired) electrons. The molecule has 0 aliphatic rings. The van der Waals surface area contributed by atoms with Crippen LogP contribution in [0.5, 0.6) is 5.88 Å². The van der Waals surface area contributed by atoms with Crippen molar-refractivity contribution in [3.05, 3.63) is 47.0 Å². The third kappa shape index (κ3) is 3.16. The lowest BCUT2D eigenvalue weighted by Gasteiger charge is -2.08. The third-order valence-corrected chi connectivity index (χ3v) is 3.59. The smallest absolute Gasteiger partial charge is 0.388 e. The number of amides is 1. The molecule has 0 fully saturated rings. The van der Waals surface area contributed by atoms with Gasteiger partial charge in [0.1, 0.15) is 10.7 Å². The number of hydrogen-bond donors (Lipinski definition) is 1. The minimum Gasteiger partial charge on any atom is -0.415 e. The van der Waals surface area contributed by atoms with Gasteiger partial charge in [-0.1, -0.05) is 11.6 Å². The van der Waals surface area contributed by atoms with Crippen molar-refractivity contribution in [2.75, 3.05) is 0 Å². The molecule has 3 aromatic heterocycles. The molecule has 10 heteroatoms. The molecule has 24 heavy (non-hydrogen) atoms. The van der Waals surface area contributed by atoms with Crippen LogP contribution >= 0.6 is 11.6 Å². The van der Waals surface area contributed by atoms with Crippen LogP contribution in [-0.4, -0.2) is 31.7 Å². The molecule has 0 saturated heterocycles. The van der Waals surface area contributed by atoms with Crippen molar-refractivity contribution >= 4 is 23.2 Å². The Hall–Kier alpha value is -2.68. The fraction of sp³-hybridized carbons (Fsp3) is 0.214. The van der Waals surface area contributed by atoms with Crippen molar-refractivity contribution in [3.8, 4) is 5.88 Å². The van der Waals surface area contributed by atoms with Crippen LogP contribution in [0.25, 0.3) is 5.65 Å². The Morgan fingerprint density at radius 2 is 2.21 bits per heavy atom. The highest BCUT2D eigenvalue weighted by Gasteiger charge is 2.15. The van der Waals surface area contributed by atoms with Gasteiger partial charge in [-0.3, -0.25) is 4.79 Å². The molecule has 0 aromatic carbocycles. The number of aromatic nitrogens is 4. The van der Waals surface area contributed by atoms with Gasteiger partial charge in [-0.05, 0) is 6.07 Å². The first-order valence-corrected chi connectivity index (χ1v) is 7.19. The molecule has 126 valence electrons. The van der Waals surface area contributed by atoms with Gasteiger partial charge in [-0.25, -0.2) is 9.50 Å². The molecule has 0 unspecified atom stereocenters. The highest BCUT2D eigenvalue weighted by molar-refractivity contribution is 6.32. The summed E-state index contributed by atoms with van der Waals surface area (Å²) in [5.41, 5.74) is 1.82. The van der Waals surface area contributed by atoms with Crippen molar-refractivity contribution < 1.29 is 18.3 Å². The maximum Gasteiger partial charge on any atom is 0.388 e. The topological polar surface area (TPSA) is 73.5 Å². The first-order chi connectivity index (χ1) is 11.5. The van der Waals surface area contributed by atoms with E-state index in [9.17, 15) is 13.6 Å². The van der Waals surface area contributed by atoms with Gasteiger partial charge in [0.2, 0.25) is 5.88 Å². The molecule has 0 saturated carbocycles. The Bertz CT molecular complexity index is 893. The molecular formula is C14H12ClF2N5O2. The van der Waals surface area contributed by atoms with Crippen LogP contribution < -0.4 is 10.1 Å². The molecule has 3 rings (SSSR count). The van der Waals surface area contributed by atoms with Crippen LogP contribution in [0.3, 0.4) is 0 Å². The number of ether oxygens (including phenoxy) is 1. The number of alkyl halides is 2. The summed E-state index contributed by atoms with van der Waals surface area (Å²) in [4.78, 5) is 15.8. The molecule has 3 aromatic rings. The maximum absolute atomic E-state index is 12.2. The zero-order valence-corrected chi connectivity index (χ0v) is 13.2. The quantitative estimate of drug-likeness (QED) is 0.762. The Morgan fingerprint density at radius 3 is 2.92 bits per heavy atom. The van der Waals surface area contributed by atoms with E-state index >= 15 is 0 Å². The van der Waals surface area contributed by atoms with Crippen LogP contribution in [0.1, 0.15) is 15.9 Å². The summed E-state index contributed by atoms with van der Waals surface area (Å²) in [6, 6.07) is 1.22. The van der Waals surface area contributed by atoms with E-state index in [-0.39, 0.29) is 17.1 Å². The maximum atomic E-state index is 12.2. The molecule has 1 N–H and O–H groups in total. The summed E-state index contributed by atoms with van der Waals surface area (Å²) in [5, 5.41) is 6.70. The zero-order chi connectivity index (χ0) is 17.3. The molecule has 0 aliphatic heterocycles. The normalized spacial score (nSPS) is 11.2. The number of pyridine rings is 1. The van der Waals surface area contributed by atoms with E-state index in [0.717, 1.165) is 17.4 Å². The highest BCUT2D eigenvalue weighted by atomic mass is 35.5. The first kappa shape index (κ1) is 16.2. The van der Waals surface area contributed by atoms with Gasteiger partial charge in [0, 0.05) is 37.7 Å². The summed E-state index contributed by atoms with van der Waals surface area (Å²) in [5.74, 6) is -0.869. The molecule has 0 bridgehead atoms. The van der Waals surface area contributed by atoms with Crippen molar-refractivity contribution in [1.29, 1.82) is 0 Å². The van der Waals surface area contributed by atoms with E-state index in [0.29, 0.717) is 0 Å². The lowest BCUT2D eigenvalue weighted by molar-refractivity contribution is -0.0527. The molecular weight excluding hydrogens is 344 g/mol. The lowest BCUT2D eigenvalue weighted by atomic mass is 10.2. The predicted molar refractivity (Wildman–Crippen MR) is 81.2 cm³/mol. The molecule has 1 amide bonds. The minimum absolute atomic E-state index is 0.136. The molecule has 0 atom stereocenters. The number of halogens is 3. The average Bonchev–Trinajstić information content (AvgIpc) is 3.10. The van der Waals surface area contributed by atoms with Gasteiger partial charge in [0.15, 0.2) is 0 Å². The number of rotatable bonds is 5. The Kier molecular flexibility index (Phi) is 4.34. The van der Waals surface area contributed by atoms with E-state index in [1.807, 2.05) is 17.8 Å². The van der Waals surface area contributed by atoms with Crippen molar-refractivity contribution in [3.63, 3.8) is 0 Å². The predicted octanol–water partition coefficient (Wildman–Crippen LogP) is 2.25. The zero-order valence-electron chi connectivity index (χ0n) is 12.4. The minimum atomic E-state index is -3.04. The number of nitrogens with zero attached hydrogens (tertiary/aromatic N) is 4. The van der Waals surface area contributed by atoms with E-state index in [1.165, 1.54) is 6.07 Å². The number of imidazole rings is 1. The Morgan fingerprint density at radius 1 is 1.42 bits per heavy atom. The fourth-order valence-corrected chi connectivity index (χ4v) is 2.46. The molecule has 3 heterocycles. The third-order valence-electron chi connectivity index (χ3n) is 3.32. The first-order valence-electron chi connectivity index (χ1n) is 6.82. The van der Waals surface area contributed by atoms with Crippen molar-refractivity contribution in [2.45, 2.75) is 13.2 Å². The Labute approximate surface area is 139 Å². The number of aryl methyl sites for hydroxylation is 1. The summed E-state index contributed by atoms with van der Waals surface area (Å²) >= 11 is 5.78. The van der Waals surface area contributed by atoms with Crippen LogP contribution in [0.4, 0.5) is 8.78 Å². The largest absolute Gasteiger partial charge is 0.415 e. The molecule has 0 spiro atoms. The summed E-state index contributed by atoms with van der Waals surface area (Å²) in [6.45, 7) is -2.79. The van der Waals surface area contributed by atoms with E-state index in [4.69, 9.17) is 11.6 Å². The number of nitrogens with one attached hydrogen (secondary N) is 1. The van der Waals surface area contributed by atoms with Crippen LogP contribution in [0.2, 0.25) is 5.02 Å².